The number of fused-ring (bicyclic) bond motifs is 7. The lowest BCUT2D eigenvalue weighted by molar-refractivity contribution is 1.64. The molecule has 0 bridgehead atoms. The van der Waals surface area contributed by atoms with Crippen LogP contribution in [-0.2, 0) is 0 Å². The van der Waals surface area contributed by atoms with E-state index >= 15 is 0 Å². The average molecular weight is 645 g/mol. The molecule has 14 nitrogen and oxygen atoms in total. The van der Waals surface area contributed by atoms with Crippen molar-refractivity contribution in [1.29, 1.82) is 0 Å². The molecule has 14 heteroatoms. The fourth-order valence-electron chi connectivity index (χ4n) is 5.33. The van der Waals surface area contributed by atoms with Gasteiger partial charge in [0.15, 0.2) is 0 Å². The largest absolute Gasteiger partial charge is 0.397 e. The Kier molecular flexibility index (Phi) is 8.01. The maximum atomic E-state index is 6.02. The molecule has 0 saturated carbocycles. The first-order valence-electron chi connectivity index (χ1n) is 14.5. The highest BCUT2D eigenvalue weighted by Crippen LogP contribution is 2.41. The van der Waals surface area contributed by atoms with E-state index < -0.39 is 0 Å². The molecule has 7 rings (SSSR count). The van der Waals surface area contributed by atoms with Crippen LogP contribution in [-0.4, -0.2) is 0 Å². The predicted octanol–water partition coefficient (Wildman–Crippen LogP) is 3.82. The summed E-state index contributed by atoms with van der Waals surface area (Å²) in [5.41, 5.74) is 87.7. The molecule has 0 unspecified atom stereocenters. The summed E-state index contributed by atoms with van der Waals surface area (Å²) in [7, 11) is 0. The topological polar surface area (TPSA) is 364 Å². The van der Waals surface area contributed by atoms with E-state index in [4.69, 9.17) is 80.3 Å². The van der Waals surface area contributed by atoms with Crippen molar-refractivity contribution in [3.05, 3.63) is 72.8 Å². The van der Waals surface area contributed by atoms with Gasteiger partial charge in [0.1, 0.15) is 0 Å². The van der Waals surface area contributed by atoms with Gasteiger partial charge in [-0.05, 0) is 116 Å². The minimum Gasteiger partial charge on any atom is -0.397 e. The third-order valence-electron chi connectivity index (χ3n) is 8.07. The van der Waals surface area contributed by atoms with Crippen molar-refractivity contribution < 1.29 is 0 Å². The van der Waals surface area contributed by atoms with Gasteiger partial charge in [0.2, 0.25) is 0 Å². The summed E-state index contributed by atoms with van der Waals surface area (Å²) >= 11 is 0. The van der Waals surface area contributed by atoms with Crippen molar-refractivity contribution in [3.63, 3.8) is 0 Å². The van der Waals surface area contributed by atoms with Gasteiger partial charge in [-0.15, -0.1) is 0 Å². The summed E-state index contributed by atoms with van der Waals surface area (Å²) in [6.07, 6.45) is 0. The summed E-state index contributed by atoms with van der Waals surface area (Å²) in [4.78, 5) is 0. The number of nitrogen functional groups attached to an aromatic ring is 14. The van der Waals surface area contributed by atoms with Crippen LogP contribution in [0.25, 0.3) is 43.1 Å². The van der Waals surface area contributed by atoms with Gasteiger partial charge >= 0.3 is 0 Å². The summed E-state index contributed by atoms with van der Waals surface area (Å²) < 4.78 is 0. The number of hydrogen-bond donors (Lipinski definition) is 14. The first-order valence-corrected chi connectivity index (χ1v) is 14.5. The highest BCUT2D eigenvalue weighted by atomic mass is 14.7. The van der Waals surface area contributed by atoms with E-state index in [0.717, 1.165) is 43.1 Å². The van der Waals surface area contributed by atoms with Crippen molar-refractivity contribution >= 4 is 123 Å². The van der Waals surface area contributed by atoms with Crippen LogP contribution in [0.1, 0.15) is 0 Å². The molecule has 28 N–H and O–H groups in total. The number of rotatable bonds is 0. The van der Waals surface area contributed by atoms with E-state index in [9.17, 15) is 0 Å². The zero-order valence-electron chi connectivity index (χ0n) is 26.0. The van der Waals surface area contributed by atoms with E-state index in [1.54, 1.807) is 36.4 Å². The minimum atomic E-state index is 0.465. The number of hydrogen-bond acceptors (Lipinski definition) is 14. The standard InChI is InChI=1S/C18H18N6.C10H12N4.C6H10N4/c19-13-1-7-8(2-14(13)20)10-4-17(23)18(24)6-12(10)11-5-16(22)15(21)3-9(7)11;11-7-1-5-2-9(13)10(14)4-6(5)3-8(7)12;7-3-1-4(8)6(10)2-5(3)9/h1-6H,19-24H2;1-4H,11-14H2;1-2H,7-10H2. The summed E-state index contributed by atoms with van der Waals surface area (Å²) in [5, 5.41) is 7.56. The molecule has 0 spiro atoms. The zero-order chi connectivity index (χ0) is 35.2. The summed E-state index contributed by atoms with van der Waals surface area (Å²) in [6.45, 7) is 0. The Hall–Kier alpha value is -7.22. The van der Waals surface area contributed by atoms with E-state index in [0.29, 0.717) is 79.6 Å². The fourth-order valence-corrected chi connectivity index (χ4v) is 5.33. The molecule has 0 aliphatic heterocycles. The van der Waals surface area contributed by atoms with Crippen molar-refractivity contribution in [1.82, 2.24) is 0 Å². The normalized spacial score (nSPS) is 10.8. The monoisotopic (exact) mass is 644 g/mol. The third-order valence-corrected chi connectivity index (χ3v) is 8.07. The third kappa shape index (κ3) is 5.91. The van der Waals surface area contributed by atoms with Gasteiger partial charge in [-0.25, -0.2) is 0 Å². The second-order valence-corrected chi connectivity index (χ2v) is 11.5. The van der Waals surface area contributed by atoms with Gasteiger partial charge in [-0.3, -0.25) is 0 Å². The smallest absolute Gasteiger partial charge is 0.0570 e. The van der Waals surface area contributed by atoms with Crippen LogP contribution in [0.15, 0.2) is 72.8 Å². The Morgan fingerprint density at radius 1 is 0.167 bits per heavy atom. The molecule has 0 fully saturated rings. The minimum absolute atomic E-state index is 0.465. The molecule has 246 valence electrons. The molecule has 48 heavy (non-hydrogen) atoms. The fraction of sp³-hybridized carbons (Fsp3) is 0. The lowest BCUT2D eigenvalue weighted by Gasteiger charge is -2.15. The van der Waals surface area contributed by atoms with Gasteiger partial charge in [0.05, 0.1) is 79.6 Å². The highest BCUT2D eigenvalue weighted by Gasteiger charge is 2.14. The molecule has 0 saturated heterocycles. The molecule has 0 atom stereocenters. The Morgan fingerprint density at radius 3 is 0.458 bits per heavy atom. The average Bonchev–Trinajstić information content (AvgIpc) is 3.01. The number of anilines is 14. The van der Waals surface area contributed by atoms with Gasteiger partial charge in [-0.1, -0.05) is 0 Å². The molecule has 0 radical (unpaired) electrons. The van der Waals surface area contributed by atoms with E-state index in [2.05, 4.69) is 0 Å². The molecule has 0 aromatic heterocycles. The zero-order valence-corrected chi connectivity index (χ0v) is 26.0. The molecule has 7 aromatic carbocycles. The second-order valence-electron chi connectivity index (χ2n) is 11.5. The molecular formula is C34H40N14. The highest BCUT2D eigenvalue weighted by molar-refractivity contribution is 6.28. The van der Waals surface area contributed by atoms with Crippen molar-refractivity contribution in [2.75, 3.05) is 80.3 Å². The lowest BCUT2D eigenvalue weighted by Crippen LogP contribution is -2.00. The van der Waals surface area contributed by atoms with Crippen LogP contribution >= 0.6 is 0 Å². The molecule has 0 heterocycles. The first-order chi connectivity index (χ1) is 22.5. The van der Waals surface area contributed by atoms with Crippen LogP contribution in [0.4, 0.5) is 79.6 Å². The molecule has 0 aliphatic rings. The van der Waals surface area contributed by atoms with Crippen molar-refractivity contribution in [2.24, 2.45) is 0 Å². The maximum absolute atomic E-state index is 6.02. The SMILES string of the molecule is Nc1cc(N)c(N)cc1N.Nc1cc2c3cc(N)c(N)cc3c3cc(N)c(N)cc3c2cc1N.Nc1cc2cc(N)c(N)cc2cc1N. The molecule has 0 amide bonds. The van der Waals surface area contributed by atoms with Crippen LogP contribution in [0.5, 0.6) is 0 Å². The van der Waals surface area contributed by atoms with Crippen LogP contribution in [0.3, 0.4) is 0 Å². The van der Waals surface area contributed by atoms with Gasteiger partial charge in [-0.2, -0.15) is 0 Å². The van der Waals surface area contributed by atoms with E-state index in [1.165, 1.54) is 0 Å². The van der Waals surface area contributed by atoms with Crippen LogP contribution in [0.2, 0.25) is 0 Å². The Morgan fingerprint density at radius 2 is 0.292 bits per heavy atom. The molecule has 0 aliphatic carbocycles. The first kappa shape index (κ1) is 32.2. The quantitative estimate of drug-likeness (QED) is 0.0824. The summed E-state index contributed by atoms with van der Waals surface area (Å²) in [5.74, 6) is 0. The van der Waals surface area contributed by atoms with Crippen LogP contribution < -0.4 is 80.3 Å². The molecule has 7 aromatic rings. The summed E-state index contributed by atoms with van der Waals surface area (Å²) in [6, 6.07) is 21.4. The maximum Gasteiger partial charge on any atom is 0.0570 e. The predicted molar refractivity (Wildman–Crippen MR) is 211 cm³/mol. The van der Waals surface area contributed by atoms with Gasteiger partial charge in [0, 0.05) is 0 Å². The van der Waals surface area contributed by atoms with Crippen molar-refractivity contribution in [3.8, 4) is 0 Å². The van der Waals surface area contributed by atoms with Crippen molar-refractivity contribution in [2.45, 2.75) is 0 Å². The Bertz CT molecular complexity index is 2000. The Labute approximate surface area is 275 Å². The van der Waals surface area contributed by atoms with Crippen LogP contribution in [0, 0.1) is 0 Å². The van der Waals surface area contributed by atoms with E-state index in [-0.39, 0.29) is 0 Å². The Balaban J connectivity index is 0.000000159. The van der Waals surface area contributed by atoms with Gasteiger partial charge in [0.25, 0.3) is 0 Å². The van der Waals surface area contributed by atoms with E-state index in [1.807, 2.05) is 36.4 Å². The van der Waals surface area contributed by atoms with Gasteiger partial charge < -0.3 is 80.3 Å². The lowest BCUT2D eigenvalue weighted by atomic mass is 9.92. The second kappa shape index (κ2) is 11.9. The number of benzene rings is 7. The number of nitrogens with two attached hydrogens (primary N) is 14. The molecular weight excluding hydrogens is 604 g/mol.